The maximum Gasteiger partial charge on any atom is 0.155 e. The molecule has 0 radical (unpaired) electrons. The predicted octanol–water partition coefficient (Wildman–Crippen LogP) is 5.18. The molecule has 6 heterocycles. The number of aromatic amines is 2. The van der Waals surface area contributed by atoms with Gasteiger partial charge in [0.2, 0.25) is 0 Å². The highest BCUT2D eigenvalue weighted by Crippen LogP contribution is 2.35. The number of nitrogens with one attached hydrogen (secondary N) is 2. The molecule has 0 saturated carbocycles. The Morgan fingerprint density at radius 3 is 2.69 bits per heavy atom. The summed E-state index contributed by atoms with van der Waals surface area (Å²) in [6.45, 7) is 3.57. The van der Waals surface area contributed by atoms with E-state index in [0.29, 0.717) is 29.3 Å². The number of halogens is 1. The zero-order chi connectivity index (χ0) is 26.3. The van der Waals surface area contributed by atoms with Crippen LogP contribution >= 0.6 is 0 Å². The number of rotatable bonds is 7. The Labute approximate surface area is 223 Å². The lowest BCUT2D eigenvalue weighted by molar-refractivity contribution is 0.237. The minimum absolute atomic E-state index is 0.356. The van der Waals surface area contributed by atoms with Crippen molar-refractivity contribution in [2.24, 2.45) is 7.05 Å². The molecule has 6 aromatic rings. The molecule has 1 saturated heterocycles. The number of ether oxygens (including phenoxy) is 1. The van der Waals surface area contributed by atoms with Gasteiger partial charge in [-0.1, -0.05) is 0 Å². The summed E-state index contributed by atoms with van der Waals surface area (Å²) in [6, 6.07) is 10.7. The van der Waals surface area contributed by atoms with Gasteiger partial charge in [0.1, 0.15) is 23.9 Å². The van der Waals surface area contributed by atoms with Crippen molar-refractivity contribution in [3.63, 3.8) is 0 Å². The van der Waals surface area contributed by atoms with E-state index in [9.17, 15) is 4.39 Å². The summed E-state index contributed by atoms with van der Waals surface area (Å²) >= 11 is 0. The lowest BCUT2D eigenvalue weighted by atomic mass is 10.1. The molecule has 5 aromatic heterocycles. The third-order valence-corrected chi connectivity index (χ3v) is 7.28. The van der Waals surface area contributed by atoms with E-state index in [2.05, 4.69) is 41.2 Å². The van der Waals surface area contributed by atoms with Crippen molar-refractivity contribution in [3.8, 4) is 39.5 Å². The molecule has 39 heavy (non-hydrogen) atoms. The van der Waals surface area contributed by atoms with Crippen LogP contribution in [0.2, 0.25) is 0 Å². The van der Waals surface area contributed by atoms with E-state index in [1.807, 2.05) is 43.8 Å². The lowest BCUT2D eigenvalue weighted by Gasteiger charge is -2.15. The average Bonchev–Trinajstić information content (AvgIpc) is 3.74. The first-order valence-corrected chi connectivity index (χ1v) is 13.1. The molecule has 1 aromatic carbocycles. The van der Waals surface area contributed by atoms with Gasteiger partial charge < -0.3 is 9.72 Å². The Bertz CT molecular complexity index is 1800. The summed E-state index contributed by atoms with van der Waals surface area (Å²) in [4.78, 5) is 15.0. The molecule has 2 N–H and O–H groups in total. The molecule has 196 valence electrons. The molecule has 9 nitrogen and oxygen atoms in total. The van der Waals surface area contributed by atoms with Crippen LogP contribution in [-0.4, -0.2) is 66.1 Å². The molecule has 1 aliphatic rings. The zero-order valence-corrected chi connectivity index (χ0v) is 21.5. The average molecular weight is 523 g/mol. The topological polar surface area (TPSA) is 101 Å². The van der Waals surface area contributed by atoms with E-state index in [0.717, 1.165) is 58.4 Å². The molecular weight excluding hydrogens is 495 g/mol. The van der Waals surface area contributed by atoms with Crippen LogP contribution in [0.1, 0.15) is 12.8 Å². The zero-order valence-electron chi connectivity index (χ0n) is 21.5. The molecule has 1 aliphatic heterocycles. The second kappa shape index (κ2) is 9.63. The van der Waals surface area contributed by atoms with Crippen molar-refractivity contribution in [1.82, 2.24) is 39.8 Å². The smallest absolute Gasteiger partial charge is 0.155 e. The van der Waals surface area contributed by atoms with Gasteiger partial charge in [0.25, 0.3) is 0 Å². The van der Waals surface area contributed by atoms with Gasteiger partial charge in [-0.25, -0.2) is 9.37 Å². The van der Waals surface area contributed by atoms with Gasteiger partial charge in [-0.05, 0) is 56.3 Å². The molecule has 7 rings (SSSR count). The highest BCUT2D eigenvalue weighted by atomic mass is 19.1. The first kappa shape index (κ1) is 23.5. The fourth-order valence-corrected chi connectivity index (χ4v) is 5.33. The van der Waals surface area contributed by atoms with Crippen molar-refractivity contribution in [1.29, 1.82) is 0 Å². The van der Waals surface area contributed by atoms with Crippen LogP contribution in [0, 0.1) is 5.82 Å². The summed E-state index contributed by atoms with van der Waals surface area (Å²) in [5, 5.41) is 13.6. The number of pyridine rings is 2. The second-order valence-electron chi connectivity index (χ2n) is 9.97. The number of aryl methyl sites for hydroxylation is 1. The summed E-state index contributed by atoms with van der Waals surface area (Å²) < 4.78 is 22.4. The van der Waals surface area contributed by atoms with Crippen molar-refractivity contribution < 1.29 is 9.13 Å². The number of aromatic nitrogens is 7. The maximum atomic E-state index is 14.7. The van der Waals surface area contributed by atoms with Crippen LogP contribution in [0.5, 0.6) is 5.75 Å². The van der Waals surface area contributed by atoms with Gasteiger partial charge in [-0.15, -0.1) is 0 Å². The molecule has 0 amide bonds. The van der Waals surface area contributed by atoms with Gasteiger partial charge in [0.15, 0.2) is 5.65 Å². The number of hydrogen-bond acceptors (Lipinski definition) is 6. The number of nitrogens with zero attached hydrogens (tertiary/aromatic N) is 6. The largest absolute Gasteiger partial charge is 0.492 e. The SMILES string of the molecule is Cn1cc(-c2cnc3[nH]nc(-c4cc5c(-c6cc(F)cc(OCCN7CCCC7)c6)nccc5[nH]4)c3c2)cn1. The van der Waals surface area contributed by atoms with Gasteiger partial charge >= 0.3 is 0 Å². The quantitative estimate of drug-likeness (QED) is 0.300. The summed E-state index contributed by atoms with van der Waals surface area (Å²) in [7, 11) is 1.89. The van der Waals surface area contributed by atoms with Gasteiger partial charge in [0.05, 0.1) is 17.6 Å². The normalized spacial score (nSPS) is 14.1. The van der Waals surface area contributed by atoms with E-state index >= 15 is 0 Å². The van der Waals surface area contributed by atoms with E-state index in [-0.39, 0.29) is 5.82 Å². The first-order valence-electron chi connectivity index (χ1n) is 13.1. The van der Waals surface area contributed by atoms with E-state index in [1.165, 1.54) is 25.0 Å². The highest BCUT2D eigenvalue weighted by molar-refractivity contribution is 6.00. The van der Waals surface area contributed by atoms with Crippen LogP contribution < -0.4 is 4.74 Å². The summed E-state index contributed by atoms with van der Waals surface area (Å²) in [5.74, 6) is 0.150. The van der Waals surface area contributed by atoms with Gasteiger partial charge in [-0.2, -0.15) is 10.2 Å². The lowest BCUT2D eigenvalue weighted by Crippen LogP contribution is -2.25. The maximum absolute atomic E-state index is 14.7. The second-order valence-corrected chi connectivity index (χ2v) is 9.97. The third-order valence-electron chi connectivity index (χ3n) is 7.28. The summed E-state index contributed by atoms with van der Waals surface area (Å²) in [6.07, 6.45) is 9.76. The van der Waals surface area contributed by atoms with E-state index < -0.39 is 0 Å². The molecule has 0 spiro atoms. The van der Waals surface area contributed by atoms with Crippen LogP contribution in [0.15, 0.2) is 61.2 Å². The minimum atomic E-state index is -0.356. The Hall–Kier alpha value is -4.57. The van der Waals surface area contributed by atoms with Gasteiger partial charge in [-0.3, -0.25) is 19.7 Å². The van der Waals surface area contributed by atoms with E-state index in [1.54, 1.807) is 10.9 Å². The molecule has 0 atom stereocenters. The molecular formula is C29H27FN8O. The molecule has 0 unspecified atom stereocenters. The van der Waals surface area contributed by atoms with Crippen LogP contribution in [0.3, 0.4) is 0 Å². The summed E-state index contributed by atoms with van der Waals surface area (Å²) in [5.41, 5.74) is 6.40. The number of hydrogen-bond donors (Lipinski definition) is 2. The minimum Gasteiger partial charge on any atom is -0.492 e. The predicted molar refractivity (Wildman–Crippen MR) is 148 cm³/mol. The Kier molecular flexibility index (Phi) is 5.81. The Morgan fingerprint density at radius 2 is 1.85 bits per heavy atom. The molecule has 0 aliphatic carbocycles. The fraction of sp³-hybridized carbons (Fsp3) is 0.241. The number of H-pyrrole nitrogens is 2. The van der Waals surface area contributed by atoms with Crippen LogP contribution in [-0.2, 0) is 7.05 Å². The van der Waals surface area contributed by atoms with E-state index in [4.69, 9.17) is 4.74 Å². The molecule has 1 fully saturated rings. The standard InChI is InChI=1S/C29H27FN8O/c1-37-17-20(16-33-37)19-12-24-28(35-36-29(24)32-15-19)26-14-23-25(34-26)4-5-31-27(23)18-10-21(30)13-22(11-18)39-9-8-38-6-2-3-7-38/h4-5,10-17,34H,2-3,6-9H2,1H3,(H,32,35,36). The number of likely N-dealkylation sites (tertiary alicyclic amines) is 1. The monoisotopic (exact) mass is 522 g/mol. The molecule has 0 bridgehead atoms. The van der Waals surface area contributed by atoms with Crippen molar-refractivity contribution in [2.75, 3.05) is 26.2 Å². The number of benzene rings is 1. The number of fused-ring (bicyclic) bond motifs is 2. The first-order chi connectivity index (χ1) is 19.1. The molecule has 10 heteroatoms. The van der Waals surface area contributed by atoms with Crippen molar-refractivity contribution >= 4 is 21.9 Å². The fourth-order valence-electron chi connectivity index (χ4n) is 5.33. The van der Waals surface area contributed by atoms with Crippen LogP contribution in [0.4, 0.5) is 4.39 Å². The van der Waals surface area contributed by atoms with Crippen molar-refractivity contribution in [3.05, 3.63) is 67.0 Å². The third kappa shape index (κ3) is 4.52. The Balaban J connectivity index is 1.23. The Morgan fingerprint density at radius 1 is 0.949 bits per heavy atom. The van der Waals surface area contributed by atoms with Crippen LogP contribution in [0.25, 0.3) is 55.7 Å². The van der Waals surface area contributed by atoms with Gasteiger partial charge in [0, 0.05) is 71.2 Å². The highest BCUT2D eigenvalue weighted by Gasteiger charge is 2.17. The van der Waals surface area contributed by atoms with Crippen molar-refractivity contribution in [2.45, 2.75) is 12.8 Å².